The summed E-state index contributed by atoms with van der Waals surface area (Å²) >= 11 is 4.35. The fourth-order valence-corrected chi connectivity index (χ4v) is 3.32. The van der Waals surface area contributed by atoms with Gasteiger partial charge in [-0.25, -0.2) is 5.43 Å². The first-order valence-electron chi connectivity index (χ1n) is 7.92. The average molecular weight is 346 g/mol. The summed E-state index contributed by atoms with van der Waals surface area (Å²) in [4.78, 5) is 18.0. The molecule has 0 bridgehead atoms. The number of benzene rings is 1. The van der Waals surface area contributed by atoms with E-state index in [1.54, 1.807) is 0 Å². The number of morpholine rings is 1. The van der Waals surface area contributed by atoms with Gasteiger partial charge in [0.1, 0.15) is 11.0 Å². The zero-order valence-corrected chi connectivity index (χ0v) is 14.1. The lowest BCUT2D eigenvalue weighted by Crippen LogP contribution is -2.40. The van der Waals surface area contributed by atoms with E-state index in [1.165, 1.54) is 0 Å². The largest absolute Gasteiger partial charge is 0.423 e. The minimum atomic E-state index is -0.134. The molecule has 2 aliphatic heterocycles. The van der Waals surface area contributed by atoms with Crippen LogP contribution in [0.2, 0.25) is 0 Å². The number of rotatable bonds is 2. The van der Waals surface area contributed by atoms with E-state index in [4.69, 9.17) is 9.15 Å². The first-order chi connectivity index (χ1) is 11.6. The second-order valence-corrected chi connectivity index (χ2v) is 6.66. The normalized spacial score (nSPS) is 24.8. The maximum Gasteiger partial charge on any atom is 0.298 e. The Balaban J connectivity index is 1.65. The third-order valence-electron chi connectivity index (χ3n) is 4.25. The molecular formula is C16H18N4O3S. The third-order valence-corrected chi connectivity index (χ3v) is 4.56. The van der Waals surface area contributed by atoms with Gasteiger partial charge in [-0.2, -0.15) is 10.1 Å². The minimum absolute atomic E-state index is 0.0529. The summed E-state index contributed by atoms with van der Waals surface area (Å²) in [6, 6.07) is 6.39. The standard InChI is InChI=1S/C16H18N4O3S/c1-9-6-13(21)18-19-15(9)10-2-3-11-12(7-10)23-16(17-11)20-4-5-22-14(24)8-20/h2-3,7,9,14,24H,4-6,8H2,1H3,(H,18,21). The van der Waals surface area contributed by atoms with Gasteiger partial charge in [0, 0.05) is 24.4 Å². The SMILES string of the molecule is CC1CC(=O)NN=C1c1ccc2nc(N3CCOC(S)C3)oc2c1. The van der Waals surface area contributed by atoms with Gasteiger partial charge in [-0.15, -0.1) is 12.6 Å². The van der Waals surface area contributed by atoms with Crippen molar-refractivity contribution in [3.8, 4) is 0 Å². The van der Waals surface area contributed by atoms with Crippen molar-refractivity contribution in [2.24, 2.45) is 11.0 Å². The van der Waals surface area contributed by atoms with Crippen molar-refractivity contribution >= 4 is 41.4 Å². The van der Waals surface area contributed by atoms with E-state index in [1.807, 2.05) is 30.0 Å². The predicted octanol–water partition coefficient (Wildman–Crippen LogP) is 1.78. The maximum atomic E-state index is 11.4. The van der Waals surface area contributed by atoms with Gasteiger partial charge >= 0.3 is 0 Å². The highest BCUT2D eigenvalue weighted by Gasteiger charge is 2.24. The van der Waals surface area contributed by atoms with E-state index in [9.17, 15) is 4.79 Å². The minimum Gasteiger partial charge on any atom is -0.423 e. The molecule has 1 aromatic carbocycles. The van der Waals surface area contributed by atoms with Crippen molar-refractivity contribution in [3.63, 3.8) is 0 Å². The Morgan fingerprint density at radius 3 is 3.08 bits per heavy atom. The van der Waals surface area contributed by atoms with Crippen LogP contribution >= 0.6 is 12.6 Å². The predicted molar refractivity (Wildman–Crippen MR) is 93.4 cm³/mol. The van der Waals surface area contributed by atoms with Crippen LogP contribution in [0.3, 0.4) is 0 Å². The van der Waals surface area contributed by atoms with Crippen LogP contribution in [0, 0.1) is 5.92 Å². The first-order valence-corrected chi connectivity index (χ1v) is 8.44. The molecule has 7 nitrogen and oxygen atoms in total. The molecule has 2 aromatic rings. The van der Waals surface area contributed by atoms with E-state index >= 15 is 0 Å². The fourth-order valence-electron chi connectivity index (χ4n) is 3.01. The lowest BCUT2D eigenvalue weighted by molar-refractivity contribution is -0.121. The second kappa shape index (κ2) is 6.10. The zero-order chi connectivity index (χ0) is 16.7. The highest BCUT2D eigenvalue weighted by Crippen LogP contribution is 2.26. The molecule has 4 rings (SSSR count). The number of hydrogen-bond acceptors (Lipinski definition) is 7. The molecule has 1 saturated heterocycles. The van der Waals surface area contributed by atoms with E-state index in [0.29, 0.717) is 31.2 Å². The number of aromatic nitrogens is 1. The molecule has 0 radical (unpaired) electrons. The van der Waals surface area contributed by atoms with Crippen LogP contribution in [0.15, 0.2) is 27.7 Å². The molecule has 1 amide bonds. The highest BCUT2D eigenvalue weighted by atomic mass is 32.1. The van der Waals surface area contributed by atoms with E-state index in [2.05, 4.69) is 28.1 Å². The van der Waals surface area contributed by atoms with Gasteiger partial charge in [0.25, 0.3) is 6.01 Å². The molecule has 0 spiro atoms. The summed E-state index contributed by atoms with van der Waals surface area (Å²) in [6.07, 6.45) is 0.440. The number of hydrogen-bond donors (Lipinski definition) is 2. The summed E-state index contributed by atoms with van der Waals surface area (Å²) in [5.41, 5.74) is 5.70. The molecule has 1 aromatic heterocycles. The molecule has 2 aliphatic rings. The van der Waals surface area contributed by atoms with Crippen LogP contribution in [0.4, 0.5) is 6.01 Å². The Bertz CT molecular complexity index is 819. The smallest absolute Gasteiger partial charge is 0.298 e. The molecule has 2 unspecified atom stereocenters. The highest BCUT2D eigenvalue weighted by molar-refractivity contribution is 7.80. The number of fused-ring (bicyclic) bond motifs is 1. The summed E-state index contributed by atoms with van der Waals surface area (Å²) in [5.74, 6) is 0.0191. The van der Waals surface area contributed by atoms with E-state index in [-0.39, 0.29) is 17.3 Å². The van der Waals surface area contributed by atoms with Gasteiger partial charge in [-0.3, -0.25) is 4.79 Å². The number of anilines is 1. The van der Waals surface area contributed by atoms with Crippen LogP contribution in [0.5, 0.6) is 0 Å². The lowest BCUT2D eigenvalue weighted by Gasteiger charge is -2.29. The molecule has 2 atom stereocenters. The molecule has 0 aliphatic carbocycles. The summed E-state index contributed by atoms with van der Waals surface area (Å²) in [7, 11) is 0. The van der Waals surface area contributed by atoms with Crippen LogP contribution < -0.4 is 10.3 Å². The Hall–Kier alpha value is -2.06. The van der Waals surface area contributed by atoms with Gasteiger partial charge in [-0.05, 0) is 12.1 Å². The van der Waals surface area contributed by atoms with Crippen LogP contribution in [-0.2, 0) is 9.53 Å². The molecule has 1 fully saturated rings. The van der Waals surface area contributed by atoms with Gasteiger partial charge in [0.15, 0.2) is 5.58 Å². The van der Waals surface area contributed by atoms with Crippen molar-refractivity contribution in [2.75, 3.05) is 24.6 Å². The van der Waals surface area contributed by atoms with Crippen molar-refractivity contribution < 1.29 is 13.9 Å². The van der Waals surface area contributed by atoms with Crippen molar-refractivity contribution in [3.05, 3.63) is 23.8 Å². The van der Waals surface area contributed by atoms with Crippen LogP contribution in [-0.4, -0.2) is 41.7 Å². The molecule has 0 saturated carbocycles. The Morgan fingerprint density at radius 1 is 1.42 bits per heavy atom. The number of carbonyl (C=O) groups is 1. The zero-order valence-electron chi connectivity index (χ0n) is 13.2. The van der Waals surface area contributed by atoms with Gasteiger partial charge in [0.05, 0.1) is 18.9 Å². The fraction of sp³-hybridized carbons (Fsp3) is 0.438. The monoisotopic (exact) mass is 346 g/mol. The number of ether oxygens (including phenoxy) is 1. The number of amides is 1. The number of oxazole rings is 1. The Morgan fingerprint density at radius 2 is 2.29 bits per heavy atom. The number of thiol groups is 1. The van der Waals surface area contributed by atoms with Crippen molar-refractivity contribution in [1.29, 1.82) is 0 Å². The van der Waals surface area contributed by atoms with Crippen LogP contribution in [0.1, 0.15) is 18.9 Å². The maximum absolute atomic E-state index is 11.4. The lowest BCUT2D eigenvalue weighted by atomic mass is 9.94. The second-order valence-electron chi connectivity index (χ2n) is 6.09. The summed E-state index contributed by atoms with van der Waals surface area (Å²) in [6.45, 7) is 3.96. The quantitative estimate of drug-likeness (QED) is 0.811. The first kappa shape index (κ1) is 15.5. The summed E-state index contributed by atoms with van der Waals surface area (Å²) in [5, 5.41) is 4.19. The molecular weight excluding hydrogens is 328 g/mol. The van der Waals surface area contributed by atoms with Crippen molar-refractivity contribution in [2.45, 2.75) is 18.8 Å². The van der Waals surface area contributed by atoms with Gasteiger partial charge in [-0.1, -0.05) is 13.0 Å². The van der Waals surface area contributed by atoms with Gasteiger partial charge in [0.2, 0.25) is 5.91 Å². The molecule has 1 N–H and O–H groups in total. The Labute approximate surface area is 144 Å². The van der Waals surface area contributed by atoms with E-state index < -0.39 is 0 Å². The molecule has 126 valence electrons. The van der Waals surface area contributed by atoms with Gasteiger partial charge < -0.3 is 14.1 Å². The number of carbonyl (C=O) groups excluding carboxylic acids is 1. The Kier molecular flexibility index (Phi) is 3.93. The summed E-state index contributed by atoms with van der Waals surface area (Å²) < 4.78 is 11.4. The topological polar surface area (TPSA) is 80.0 Å². The third kappa shape index (κ3) is 2.87. The number of nitrogens with one attached hydrogen (secondary N) is 1. The van der Waals surface area contributed by atoms with Crippen molar-refractivity contribution in [1.82, 2.24) is 10.4 Å². The molecule has 3 heterocycles. The number of hydrazone groups is 1. The molecule has 8 heteroatoms. The molecule has 24 heavy (non-hydrogen) atoms. The average Bonchev–Trinajstić information content (AvgIpc) is 2.98. The number of nitrogens with zero attached hydrogens (tertiary/aromatic N) is 3. The van der Waals surface area contributed by atoms with E-state index in [0.717, 1.165) is 23.3 Å². The van der Waals surface area contributed by atoms with Crippen LogP contribution in [0.25, 0.3) is 11.1 Å².